The molecule has 3 N–H and O–H groups in total. The Labute approximate surface area is 140 Å². The molecule has 3 aromatic rings. The van der Waals surface area contributed by atoms with Crippen molar-refractivity contribution in [2.45, 2.75) is 20.8 Å². The Morgan fingerprint density at radius 2 is 1.67 bits per heavy atom. The third kappa shape index (κ3) is 3.15. The van der Waals surface area contributed by atoms with Gasteiger partial charge in [0.05, 0.1) is 5.56 Å². The van der Waals surface area contributed by atoms with Crippen molar-refractivity contribution < 1.29 is 9.59 Å². The van der Waals surface area contributed by atoms with E-state index >= 15 is 0 Å². The molecule has 0 saturated carbocycles. The summed E-state index contributed by atoms with van der Waals surface area (Å²) in [4.78, 5) is 27.1. The molecule has 0 bridgehead atoms. The predicted molar refractivity (Wildman–Crippen MR) is 96.5 cm³/mol. The lowest BCUT2D eigenvalue weighted by Crippen LogP contribution is -2.13. The second-order valence-electron chi connectivity index (χ2n) is 5.89. The number of rotatable bonds is 3. The van der Waals surface area contributed by atoms with E-state index in [1.807, 2.05) is 32.0 Å². The summed E-state index contributed by atoms with van der Waals surface area (Å²) in [5.41, 5.74) is 4.78. The molecule has 0 aliphatic rings. The molecular formula is C19H19N3O2. The lowest BCUT2D eigenvalue weighted by molar-refractivity contribution is -0.114. The van der Waals surface area contributed by atoms with Crippen LogP contribution >= 0.6 is 0 Å². The maximum absolute atomic E-state index is 12.7. The van der Waals surface area contributed by atoms with Crippen LogP contribution in [0.25, 0.3) is 10.9 Å². The molecule has 0 aliphatic carbocycles. The van der Waals surface area contributed by atoms with Gasteiger partial charge in [-0.1, -0.05) is 17.7 Å². The van der Waals surface area contributed by atoms with Crippen molar-refractivity contribution in [2.24, 2.45) is 0 Å². The third-order valence-corrected chi connectivity index (χ3v) is 3.81. The Morgan fingerprint density at radius 3 is 2.38 bits per heavy atom. The molecule has 5 nitrogen and oxygen atoms in total. The van der Waals surface area contributed by atoms with Crippen LogP contribution in [-0.2, 0) is 4.79 Å². The first kappa shape index (κ1) is 15.8. The Morgan fingerprint density at radius 1 is 0.958 bits per heavy atom. The minimum Gasteiger partial charge on any atom is -0.358 e. The zero-order valence-electron chi connectivity index (χ0n) is 13.9. The molecule has 2 aromatic carbocycles. The van der Waals surface area contributed by atoms with Crippen molar-refractivity contribution in [3.63, 3.8) is 0 Å². The first-order valence-electron chi connectivity index (χ1n) is 7.72. The third-order valence-electron chi connectivity index (χ3n) is 3.81. The van der Waals surface area contributed by atoms with E-state index in [0.29, 0.717) is 16.9 Å². The Balaban J connectivity index is 1.92. The summed E-state index contributed by atoms with van der Waals surface area (Å²) >= 11 is 0. The van der Waals surface area contributed by atoms with Gasteiger partial charge in [-0.25, -0.2) is 0 Å². The van der Waals surface area contributed by atoms with Crippen LogP contribution in [-0.4, -0.2) is 16.8 Å². The number of carbonyl (C=O) groups excluding carboxylic acids is 2. The molecule has 0 aliphatic heterocycles. The monoisotopic (exact) mass is 321 g/mol. The van der Waals surface area contributed by atoms with Crippen LogP contribution < -0.4 is 10.6 Å². The summed E-state index contributed by atoms with van der Waals surface area (Å²) in [5.74, 6) is -0.328. The van der Waals surface area contributed by atoms with E-state index in [0.717, 1.165) is 22.2 Å². The Kier molecular flexibility index (Phi) is 4.08. The van der Waals surface area contributed by atoms with Crippen LogP contribution in [0.15, 0.2) is 42.5 Å². The molecule has 3 rings (SSSR count). The fourth-order valence-corrected chi connectivity index (χ4v) is 2.80. The van der Waals surface area contributed by atoms with Crippen LogP contribution in [0.5, 0.6) is 0 Å². The minimum atomic E-state index is -0.177. The molecule has 2 amide bonds. The standard InChI is InChI=1S/C19H19N3O2/c1-11-7-8-17-16(9-11)18(12(2)20-17)19(24)22-15-6-4-5-14(10-15)21-13(3)23/h4-10,20H,1-3H3,(H,21,23)(H,22,24). The highest BCUT2D eigenvalue weighted by Crippen LogP contribution is 2.25. The fraction of sp³-hybridized carbons (Fsp3) is 0.158. The van der Waals surface area contributed by atoms with E-state index in [2.05, 4.69) is 15.6 Å². The van der Waals surface area contributed by atoms with Gasteiger partial charge in [-0.05, 0) is 44.2 Å². The van der Waals surface area contributed by atoms with Gasteiger partial charge in [0.1, 0.15) is 0 Å². The number of amides is 2. The zero-order chi connectivity index (χ0) is 17.3. The first-order chi connectivity index (χ1) is 11.4. The molecule has 0 saturated heterocycles. The van der Waals surface area contributed by atoms with E-state index < -0.39 is 0 Å². The second-order valence-corrected chi connectivity index (χ2v) is 5.89. The number of aromatic nitrogens is 1. The van der Waals surface area contributed by atoms with Gasteiger partial charge < -0.3 is 15.6 Å². The van der Waals surface area contributed by atoms with E-state index in [4.69, 9.17) is 0 Å². The molecule has 5 heteroatoms. The van der Waals surface area contributed by atoms with E-state index in [1.165, 1.54) is 6.92 Å². The average molecular weight is 321 g/mol. The largest absolute Gasteiger partial charge is 0.358 e. The van der Waals surface area contributed by atoms with Crippen molar-refractivity contribution in [3.05, 3.63) is 59.3 Å². The summed E-state index contributed by atoms with van der Waals surface area (Å²) in [6, 6.07) is 13.1. The van der Waals surface area contributed by atoms with Crippen LogP contribution in [0, 0.1) is 13.8 Å². The number of hydrogen-bond donors (Lipinski definition) is 3. The van der Waals surface area contributed by atoms with Crippen LogP contribution in [0.4, 0.5) is 11.4 Å². The molecule has 24 heavy (non-hydrogen) atoms. The highest BCUT2D eigenvalue weighted by Gasteiger charge is 2.16. The topological polar surface area (TPSA) is 74.0 Å². The van der Waals surface area contributed by atoms with Gasteiger partial charge >= 0.3 is 0 Å². The summed E-state index contributed by atoms with van der Waals surface area (Å²) in [7, 11) is 0. The molecule has 1 heterocycles. The van der Waals surface area contributed by atoms with Gasteiger partial charge in [0.2, 0.25) is 5.91 Å². The number of fused-ring (bicyclic) bond motifs is 1. The van der Waals surface area contributed by atoms with Gasteiger partial charge in [-0.3, -0.25) is 9.59 Å². The number of anilines is 2. The van der Waals surface area contributed by atoms with Crippen LogP contribution in [0.3, 0.4) is 0 Å². The van der Waals surface area contributed by atoms with Crippen molar-refractivity contribution in [1.82, 2.24) is 4.98 Å². The average Bonchev–Trinajstić information content (AvgIpc) is 2.82. The molecule has 1 aromatic heterocycles. The smallest absolute Gasteiger partial charge is 0.258 e. The maximum Gasteiger partial charge on any atom is 0.258 e. The lowest BCUT2D eigenvalue weighted by atomic mass is 10.1. The molecular weight excluding hydrogens is 302 g/mol. The van der Waals surface area contributed by atoms with Crippen LogP contribution in [0.2, 0.25) is 0 Å². The zero-order valence-corrected chi connectivity index (χ0v) is 13.9. The summed E-state index contributed by atoms with van der Waals surface area (Å²) < 4.78 is 0. The molecule has 0 fully saturated rings. The summed E-state index contributed by atoms with van der Waals surface area (Å²) in [6.07, 6.45) is 0. The van der Waals surface area contributed by atoms with Crippen molar-refractivity contribution in [2.75, 3.05) is 10.6 Å². The van der Waals surface area contributed by atoms with Gasteiger partial charge in [-0.15, -0.1) is 0 Å². The number of H-pyrrole nitrogens is 1. The lowest BCUT2D eigenvalue weighted by Gasteiger charge is -2.08. The maximum atomic E-state index is 12.7. The van der Waals surface area contributed by atoms with E-state index in [9.17, 15) is 9.59 Å². The van der Waals surface area contributed by atoms with Crippen LogP contribution in [0.1, 0.15) is 28.5 Å². The van der Waals surface area contributed by atoms with Crippen molar-refractivity contribution in [1.29, 1.82) is 0 Å². The number of benzene rings is 2. The Bertz CT molecular complexity index is 941. The van der Waals surface area contributed by atoms with Crippen molar-refractivity contribution >= 4 is 34.1 Å². The van der Waals surface area contributed by atoms with Gasteiger partial charge in [0, 0.05) is 34.9 Å². The molecule has 0 unspecified atom stereocenters. The number of carbonyl (C=O) groups is 2. The predicted octanol–water partition coefficient (Wildman–Crippen LogP) is 4.00. The van der Waals surface area contributed by atoms with Crippen molar-refractivity contribution in [3.8, 4) is 0 Å². The highest BCUT2D eigenvalue weighted by molar-refractivity contribution is 6.14. The summed E-state index contributed by atoms with van der Waals surface area (Å²) in [5, 5.41) is 6.51. The van der Waals surface area contributed by atoms with Gasteiger partial charge in [0.25, 0.3) is 5.91 Å². The fourth-order valence-electron chi connectivity index (χ4n) is 2.80. The number of nitrogens with one attached hydrogen (secondary N) is 3. The van der Waals surface area contributed by atoms with Gasteiger partial charge in [-0.2, -0.15) is 0 Å². The quantitative estimate of drug-likeness (QED) is 0.682. The van der Waals surface area contributed by atoms with E-state index in [-0.39, 0.29) is 11.8 Å². The second kappa shape index (κ2) is 6.20. The van der Waals surface area contributed by atoms with E-state index in [1.54, 1.807) is 24.3 Å². The molecule has 122 valence electrons. The summed E-state index contributed by atoms with van der Waals surface area (Å²) in [6.45, 7) is 5.33. The highest BCUT2D eigenvalue weighted by atomic mass is 16.2. The first-order valence-corrected chi connectivity index (χ1v) is 7.72. The molecule has 0 radical (unpaired) electrons. The normalized spacial score (nSPS) is 10.6. The number of aryl methyl sites for hydroxylation is 2. The molecule has 0 spiro atoms. The minimum absolute atomic E-state index is 0.151. The number of aromatic amines is 1. The number of hydrogen-bond acceptors (Lipinski definition) is 2. The Hall–Kier alpha value is -3.08. The SMILES string of the molecule is CC(=O)Nc1cccc(NC(=O)c2c(C)[nH]c3ccc(C)cc23)c1. The van der Waals surface area contributed by atoms with Gasteiger partial charge in [0.15, 0.2) is 0 Å². The molecule has 0 atom stereocenters.